The smallest absolute Gasteiger partial charge is 0.318 e. The van der Waals surface area contributed by atoms with E-state index in [1.807, 2.05) is 11.6 Å². The maximum Gasteiger partial charge on any atom is 0.318 e. The van der Waals surface area contributed by atoms with Gasteiger partial charge in [0.1, 0.15) is 6.33 Å². The Hall–Kier alpha value is -2.13. The summed E-state index contributed by atoms with van der Waals surface area (Å²) < 4.78 is 25.0. The summed E-state index contributed by atoms with van der Waals surface area (Å²) >= 11 is 6.04. The van der Waals surface area contributed by atoms with Crippen LogP contribution in [0.1, 0.15) is 30.3 Å². The number of amides is 2. The van der Waals surface area contributed by atoms with Crippen LogP contribution in [0.2, 0.25) is 5.02 Å². The van der Waals surface area contributed by atoms with Crippen molar-refractivity contribution in [3.05, 3.63) is 40.9 Å². The molecule has 8 nitrogen and oxygen atoms in total. The summed E-state index contributed by atoms with van der Waals surface area (Å²) in [6, 6.07) is 4.37. The number of nitrogens with zero attached hydrogens (tertiary/aromatic N) is 4. The monoisotopic (exact) mass is 397 g/mol. The van der Waals surface area contributed by atoms with Crippen LogP contribution in [0.25, 0.3) is 0 Å². The molecule has 0 radical (unpaired) electrons. The van der Waals surface area contributed by atoms with Crippen molar-refractivity contribution in [2.75, 3.05) is 12.8 Å². The van der Waals surface area contributed by atoms with Crippen LogP contribution in [0.4, 0.5) is 4.79 Å². The van der Waals surface area contributed by atoms with Gasteiger partial charge in [-0.1, -0.05) is 17.7 Å². The third-order valence-electron chi connectivity index (χ3n) is 4.40. The highest BCUT2D eigenvalue weighted by molar-refractivity contribution is 7.90. The molecule has 1 atom stereocenters. The summed E-state index contributed by atoms with van der Waals surface area (Å²) in [5, 5.41) is 11.0. The molecule has 140 valence electrons. The number of hydrogen-bond donors (Lipinski definition) is 1. The van der Waals surface area contributed by atoms with Gasteiger partial charge >= 0.3 is 6.03 Å². The van der Waals surface area contributed by atoms with Crippen molar-refractivity contribution in [2.24, 2.45) is 7.05 Å². The fourth-order valence-electron chi connectivity index (χ4n) is 3.11. The Morgan fingerprint density at radius 3 is 2.81 bits per heavy atom. The van der Waals surface area contributed by atoms with E-state index in [2.05, 4.69) is 15.5 Å². The number of aryl methyl sites for hydroxylation is 1. The molecule has 1 aromatic heterocycles. The molecule has 2 heterocycles. The quantitative estimate of drug-likeness (QED) is 0.849. The van der Waals surface area contributed by atoms with E-state index in [1.54, 1.807) is 23.4 Å². The van der Waals surface area contributed by atoms with E-state index in [0.29, 0.717) is 6.54 Å². The first-order valence-corrected chi connectivity index (χ1v) is 10.4. The number of rotatable bonds is 4. The summed E-state index contributed by atoms with van der Waals surface area (Å²) in [4.78, 5) is 14.4. The van der Waals surface area contributed by atoms with Gasteiger partial charge < -0.3 is 14.8 Å². The molecular formula is C16H20ClN5O3S. The lowest BCUT2D eigenvalue weighted by Crippen LogP contribution is -2.39. The number of halogens is 1. The summed E-state index contributed by atoms with van der Waals surface area (Å²) in [5.74, 6) is 0.762. The Labute approximate surface area is 157 Å². The summed E-state index contributed by atoms with van der Waals surface area (Å²) in [7, 11) is -1.52. The fraction of sp³-hybridized carbons (Fsp3) is 0.438. The van der Waals surface area contributed by atoms with Crippen molar-refractivity contribution in [3.63, 3.8) is 0 Å². The molecule has 10 heteroatoms. The van der Waals surface area contributed by atoms with E-state index in [-0.39, 0.29) is 28.5 Å². The minimum absolute atomic E-state index is 0.0798. The van der Waals surface area contributed by atoms with Crippen LogP contribution < -0.4 is 5.32 Å². The van der Waals surface area contributed by atoms with Crippen LogP contribution in [0.5, 0.6) is 0 Å². The minimum Gasteiger partial charge on any atom is -0.334 e. The zero-order chi connectivity index (χ0) is 18.9. The lowest BCUT2D eigenvalue weighted by molar-refractivity contribution is 0.189. The van der Waals surface area contributed by atoms with Crippen molar-refractivity contribution in [2.45, 2.75) is 30.3 Å². The molecule has 2 amide bonds. The van der Waals surface area contributed by atoms with E-state index in [0.717, 1.165) is 30.5 Å². The maximum atomic E-state index is 12.6. The first kappa shape index (κ1) is 18.7. The lowest BCUT2D eigenvalue weighted by atomic mass is 10.2. The van der Waals surface area contributed by atoms with E-state index in [4.69, 9.17) is 11.6 Å². The highest BCUT2D eigenvalue weighted by Crippen LogP contribution is 2.30. The van der Waals surface area contributed by atoms with Gasteiger partial charge in [-0.25, -0.2) is 13.2 Å². The third kappa shape index (κ3) is 3.83. The van der Waals surface area contributed by atoms with Crippen LogP contribution >= 0.6 is 11.6 Å². The number of nitrogens with one attached hydrogen (secondary N) is 1. The molecule has 0 aliphatic carbocycles. The Balaban J connectivity index is 1.67. The molecule has 26 heavy (non-hydrogen) atoms. The average Bonchev–Trinajstić information content (AvgIpc) is 3.19. The second kappa shape index (κ2) is 7.24. The molecule has 1 N–H and O–H groups in total. The number of benzene rings is 1. The first-order valence-electron chi connectivity index (χ1n) is 8.14. The standard InChI is InChI=1S/C16H20ClN5O3S/c1-21-10-19-20-15(21)13-4-3-7-22(13)16(23)18-9-11-5-6-14(12(17)8-11)26(2,24)25/h5-6,8,10,13H,3-4,7,9H2,1-2H3,(H,18,23). The Morgan fingerprint density at radius 2 is 2.19 bits per heavy atom. The van der Waals surface area contributed by atoms with Gasteiger partial charge in [-0.15, -0.1) is 10.2 Å². The lowest BCUT2D eigenvalue weighted by Gasteiger charge is -2.24. The van der Waals surface area contributed by atoms with Crippen LogP contribution in [0.3, 0.4) is 0 Å². The number of carbonyl (C=O) groups excluding carboxylic acids is 1. The number of likely N-dealkylation sites (tertiary alicyclic amines) is 1. The molecule has 1 unspecified atom stereocenters. The molecule has 0 spiro atoms. The Morgan fingerprint density at radius 1 is 1.42 bits per heavy atom. The molecule has 1 aliphatic rings. The minimum atomic E-state index is -3.37. The number of sulfone groups is 1. The highest BCUT2D eigenvalue weighted by atomic mass is 35.5. The molecule has 1 aliphatic heterocycles. The number of hydrogen-bond acceptors (Lipinski definition) is 5. The zero-order valence-corrected chi connectivity index (χ0v) is 16.1. The summed E-state index contributed by atoms with van der Waals surface area (Å²) in [6.45, 7) is 0.905. The Bertz CT molecular complexity index is 928. The van der Waals surface area contributed by atoms with Crippen LogP contribution in [0.15, 0.2) is 29.4 Å². The Kier molecular flexibility index (Phi) is 5.19. The second-order valence-corrected chi connectivity index (χ2v) is 8.74. The molecule has 0 bridgehead atoms. The number of carbonyl (C=O) groups is 1. The highest BCUT2D eigenvalue weighted by Gasteiger charge is 2.32. The number of aromatic nitrogens is 3. The van der Waals surface area contributed by atoms with Gasteiger partial charge in [0, 0.05) is 26.4 Å². The SMILES string of the molecule is Cn1cnnc1C1CCCN1C(=O)NCc1ccc(S(C)(=O)=O)c(Cl)c1. The average molecular weight is 398 g/mol. The number of urea groups is 1. The van der Waals surface area contributed by atoms with E-state index in [9.17, 15) is 13.2 Å². The molecular weight excluding hydrogens is 378 g/mol. The molecule has 1 saturated heterocycles. The van der Waals surface area contributed by atoms with Crippen molar-refractivity contribution < 1.29 is 13.2 Å². The summed E-state index contributed by atoms with van der Waals surface area (Å²) in [5.41, 5.74) is 0.727. The molecule has 0 saturated carbocycles. The van der Waals surface area contributed by atoms with Gasteiger partial charge in [0.25, 0.3) is 0 Å². The van der Waals surface area contributed by atoms with Gasteiger partial charge in [-0.2, -0.15) is 0 Å². The molecule has 1 aromatic carbocycles. The third-order valence-corrected chi connectivity index (χ3v) is 5.98. The van der Waals surface area contributed by atoms with E-state index >= 15 is 0 Å². The predicted molar refractivity (Wildman–Crippen MR) is 96.5 cm³/mol. The van der Waals surface area contributed by atoms with Crippen molar-refractivity contribution in [3.8, 4) is 0 Å². The van der Waals surface area contributed by atoms with Crippen LogP contribution in [-0.2, 0) is 23.4 Å². The van der Waals surface area contributed by atoms with Crippen LogP contribution in [0, 0.1) is 0 Å². The van der Waals surface area contributed by atoms with E-state index < -0.39 is 9.84 Å². The molecule has 3 rings (SSSR count). The predicted octanol–water partition coefficient (Wildman–Crippen LogP) is 1.92. The summed E-state index contributed by atoms with van der Waals surface area (Å²) in [6.07, 6.45) is 4.47. The fourth-order valence-corrected chi connectivity index (χ4v) is 4.46. The molecule has 1 fully saturated rings. The normalized spacial score (nSPS) is 17.5. The largest absolute Gasteiger partial charge is 0.334 e. The van der Waals surface area contributed by atoms with Crippen molar-refractivity contribution in [1.82, 2.24) is 25.0 Å². The van der Waals surface area contributed by atoms with Gasteiger partial charge in [-0.3, -0.25) is 0 Å². The maximum absolute atomic E-state index is 12.6. The van der Waals surface area contributed by atoms with Gasteiger partial charge in [0.15, 0.2) is 15.7 Å². The zero-order valence-electron chi connectivity index (χ0n) is 14.5. The van der Waals surface area contributed by atoms with Gasteiger partial charge in [-0.05, 0) is 30.5 Å². The van der Waals surface area contributed by atoms with Crippen molar-refractivity contribution in [1.29, 1.82) is 0 Å². The van der Waals surface area contributed by atoms with Gasteiger partial charge in [0.2, 0.25) is 0 Å². The first-order chi connectivity index (χ1) is 12.3. The van der Waals surface area contributed by atoms with Gasteiger partial charge in [0.05, 0.1) is 16.0 Å². The second-order valence-electron chi connectivity index (χ2n) is 6.35. The topological polar surface area (TPSA) is 97.2 Å². The van der Waals surface area contributed by atoms with E-state index in [1.165, 1.54) is 6.07 Å². The van der Waals surface area contributed by atoms with Crippen LogP contribution in [-0.4, -0.2) is 46.9 Å². The molecule has 2 aromatic rings. The van der Waals surface area contributed by atoms with Crippen molar-refractivity contribution >= 4 is 27.5 Å².